The van der Waals surface area contributed by atoms with Crippen molar-refractivity contribution >= 4 is 61.5 Å². The van der Waals surface area contributed by atoms with Gasteiger partial charge in [0.05, 0.1) is 10.2 Å². The maximum absolute atomic E-state index is 11.9. The number of thioether (sulfide) groups is 1. The fraction of sp³-hybridized carbons (Fsp3) is 0.478. The first-order valence-corrected chi connectivity index (χ1v) is 13.5. The molecule has 3 aromatic rings. The molecule has 2 heterocycles. The van der Waals surface area contributed by atoms with Gasteiger partial charge in [-0.1, -0.05) is 56.7 Å². The van der Waals surface area contributed by atoms with Crippen LogP contribution < -0.4 is 5.73 Å². The molecule has 0 saturated heterocycles. The van der Waals surface area contributed by atoms with Gasteiger partial charge < -0.3 is 15.3 Å². The lowest BCUT2D eigenvalue weighted by molar-refractivity contribution is -0.148. The summed E-state index contributed by atoms with van der Waals surface area (Å²) in [5.41, 5.74) is 8.18. The molecule has 1 unspecified atom stereocenters. The van der Waals surface area contributed by atoms with Crippen LogP contribution in [0.25, 0.3) is 10.2 Å². The van der Waals surface area contributed by atoms with E-state index in [1.165, 1.54) is 11.3 Å². The predicted molar refractivity (Wildman–Crippen MR) is 138 cm³/mol. The number of carbonyl (C=O) groups is 1. The van der Waals surface area contributed by atoms with Crippen LogP contribution in [0.5, 0.6) is 0 Å². The summed E-state index contributed by atoms with van der Waals surface area (Å²) >= 11 is 4.59. The third-order valence-corrected chi connectivity index (χ3v) is 7.33. The Kier molecular flexibility index (Phi) is 9.10. The zero-order valence-electron chi connectivity index (χ0n) is 19.4. The van der Waals surface area contributed by atoms with E-state index in [0.717, 1.165) is 21.0 Å². The zero-order chi connectivity index (χ0) is 23.8. The minimum atomic E-state index is -0.357. The van der Waals surface area contributed by atoms with Crippen molar-refractivity contribution in [1.82, 2.24) is 9.97 Å². The van der Waals surface area contributed by atoms with Gasteiger partial charge in [0.25, 0.3) is 0 Å². The Labute approximate surface area is 206 Å². The molecule has 1 aromatic carbocycles. The van der Waals surface area contributed by atoms with E-state index in [1.54, 1.807) is 23.1 Å². The van der Waals surface area contributed by atoms with E-state index in [2.05, 4.69) is 42.0 Å². The van der Waals surface area contributed by atoms with Crippen LogP contribution in [0.2, 0.25) is 0 Å². The Morgan fingerprint density at radius 2 is 2.06 bits per heavy atom. The molecule has 0 aliphatic heterocycles. The molecule has 0 saturated carbocycles. The quantitative estimate of drug-likeness (QED) is 0.147. The summed E-state index contributed by atoms with van der Waals surface area (Å²) in [6.07, 6.45) is 1.48. The summed E-state index contributed by atoms with van der Waals surface area (Å²) in [5.74, 6) is 0.309. The van der Waals surface area contributed by atoms with Crippen LogP contribution in [0.1, 0.15) is 52.7 Å². The molecule has 10 heteroatoms. The van der Waals surface area contributed by atoms with Crippen molar-refractivity contribution in [2.45, 2.75) is 57.4 Å². The molecule has 3 rings (SSSR count). The minimum absolute atomic E-state index is 0.0156. The maximum atomic E-state index is 11.9. The molecule has 0 radical (unpaired) electrons. The molecule has 0 aliphatic carbocycles. The highest BCUT2D eigenvalue weighted by Crippen LogP contribution is 2.30. The summed E-state index contributed by atoms with van der Waals surface area (Å²) in [6, 6.07) is 8.06. The molecule has 1 atom stereocenters. The van der Waals surface area contributed by atoms with E-state index in [4.69, 9.17) is 15.3 Å². The summed E-state index contributed by atoms with van der Waals surface area (Å²) in [6.45, 7) is 8.46. The highest BCUT2D eigenvalue weighted by molar-refractivity contribution is 8.01. The zero-order valence-corrected chi connectivity index (χ0v) is 21.8. The standard InChI is InChI=1S/C23H30N4O3S3/c1-5-8-20(28)29-12-15(11-23(2,3)4)30-27-18(17-13-31-21(24)25-17)14-32-22-26-16-9-6-7-10-19(16)33-22/h6-7,9-10,13,15H,5,8,11-12,14H2,1-4H3,(H2,24,25)/b27-18+. The first-order chi connectivity index (χ1) is 15.7. The number of benzene rings is 1. The van der Waals surface area contributed by atoms with Gasteiger partial charge in [-0.25, -0.2) is 9.97 Å². The number of nitrogen functional groups attached to an aromatic ring is 1. The number of oxime groups is 1. The van der Waals surface area contributed by atoms with E-state index in [9.17, 15) is 4.79 Å². The third kappa shape index (κ3) is 8.28. The predicted octanol–water partition coefficient (Wildman–Crippen LogP) is 6.00. The first-order valence-electron chi connectivity index (χ1n) is 10.8. The molecule has 7 nitrogen and oxygen atoms in total. The van der Waals surface area contributed by atoms with Gasteiger partial charge in [0, 0.05) is 17.6 Å². The molecular formula is C23H30N4O3S3. The van der Waals surface area contributed by atoms with Crippen LogP contribution in [-0.4, -0.2) is 40.1 Å². The highest BCUT2D eigenvalue weighted by atomic mass is 32.2. The molecule has 0 spiro atoms. The number of hydrogen-bond acceptors (Lipinski definition) is 10. The van der Waals surface area contributed by atoms with Crippen LogP contribution in [-0.2, 0) is 14.4 Å². The monoisotopic (exact) mass is 506 g/mol. The number of nitrogens with zero attached hydrogens (tertiary/aromatic N) is 3. The lowest BCUT2D eigenvalue weighted by Crippen LogP contribution is -2.26. The molecule has 33 heavy (non-hydrogen) atoms. The largest absolute Gasteiger partial charge is 0.462 e. The van der Waals surface area contributed by atoms with Gasteiger partial charge in [-0.2, -0.15) is 0 Å². The van der Waals surface area contributed by atoms with Gasteiger partial charge in [0.15, 0.2) is 15.6 Å². The van der Waals surface area contributed by atoms with Crippen LogP contribution in [0, 0.1) is 5.41 Å². The topological polar surface area (TPSA) is 99.7 Å². The summed E-state index contributed by atoms with van der Waals surface area (Å²) in [7, 11) is 0. The molecule has 0 bridgehead atoms. The number of para-hydroxylation sites is 1. The van der Waals surface area contributed by atoms with Crippen molar-refractivity contribution in [2.24, 2.45) is 10.6 Å². The van der Waals surface area contributed by atoms with Crippen molar-refractivity contribution in [3.63, 3.8) is 0 Å². The first kappa shape index (κ1) is 25.5. The van der Waals surface area contributed by atoms with Gasteiger partial charge in [0.2, 0.25) is 0 Å². The summed E-state index contributed by atoms with van der Waals surface area (Å²) < 4.78 is 7.51. The molecule has 0 fully saturated rings. The van der Waals surface area contributed by atoms with Crippen LogP contribution in [0.4, 0.5) is 5.13 Å². The number of fused-ring (bicyclic) bond motifs is 1. The van der Waals surface area contributed by atoms with Gasteiger partial charge in [-0.05, 0) is 30.4 Å². The van der Waals surface area contributed by atoms with Gasteiger partial charge in [0.1, 0.15) is 18.0 Å². The summed E-state index contributed by atoms with van der Waals surface area (Å²) in [4.78, 5) is 26.9. The number of carbonyl (C=O) groups excluding carboxylic acids is 1. The maximum Gasteiger partial charge on any atom is 0.305 e. The van der Waals surface area contributed by atoms with Gasteiger partial charge in [-0.15, -0.1) is 22.7 Å². The Morgan fingerprint density at radius 3 is 2.73 bits per heavy atom. The lowest BCUT2D eigenvalue weighted by atomic mass is 9.89. The van der Waals surface area contributed by atoms with E-state index in [0.29, 0.717) is 35.1 Å². The summed E-state index contributed by atoms with van der Waals surface area (Å²) in [5, 5.41) is 6.80. The third-order valence-electron chi connectivity index (χ3n) is 4.46. The second-order valence-electron chi connectivity index (χ2n) is 8.77. The average Bonchev–Trinajstić information content (AvgIpc) is 3.36. The van der Waals surface area contributed by atoms with Crippen molar-refractivity contribution in [3.8, 4) is 0 Å². The fourth-order valence-corrected chi connectivity index (χ4v) is 5.59. The van der Waals surface area contributed by atoms with E-state index >= 15 is 0 Å². The molecule has 178 valence electrons. The van der Waals surface area contributed by atoms with E-state index < -0.39 is 0 Å². The average molecular weight is 507 g/mol. The Morgan fingerprint density at radius 1 is 1.27 bits per heavy atom. The second-order valence-corrected chi connectivity index (χ2v) is 11.9. The SMILES string of the molecule is CCCC(=O)OCC(CC(C)(C)C)O/N=C(\CSc1nc2ccccc2s1)c1csc(N)n1. The van der Waals surface area contributed by atoms with Gasteiger partial charge in [-0.3, -0.25) is 4.79 Å². The number of thiazole rings is 2. The van der Waals surface area contributed by atoms with E-state index in [-0.39, 0.29) is 24.1 Å². The van der Waals surface area contributed by atoms with Crippen LogP contribution in [0.15, 0.2) is 39.1 Å². The molecule has 2 aromatic heterocycles. The molecule has 0 amide bonds. The lowest BCUT2D eigenvalue weighted by Gasteiger charge is -2.24. The highest BCUT2D eigenvalue weighted by Gasteiger charge is 2.23. The number of rotatable bonds is 11. The Hall–Kier alpha value is -2.17. The second kappa shape index (κ2) is 11.8. The smallest absolute Gasteiger partial charge is 0.305 e. The number of anilines is 1. The number of esters is 1. The van der Waals surface area contributed by atoms with E-state index in [1.807, 2.05) is 30.5 Å². The Balaban J connectivity index is 1.74. The van der Waals surface area contributed by atoms with Crippen molar-refractivity contribution < 1.29 is 14.4 Å². The Bertz CT molecular complexity index is 1060. The van der Waals surface area contributed by atoms with Crippen LogP contribution in [0.3, 0.4) is 0 Å². The number of ether oxygens (including phenoxy) is 1. The minimum Gasteiger partial charge on any atom is -0.462 e. The molecule has 0 aliphatic rings. The number of nitrogens with two attached hydrogens (primary N) is 1. The molecule has 2 N–H and O–H groups in total. The van der Waals surface area contributed by atoms with Crippen molar-refractivity contribution in [2.75, 3.05) is 18.1 Å². The van der Waals surface area contributed by atoms with Crippen molar-refractivity contribution in [3.05, 3.63) is 35.3 Å². The normalized spacial score (nSPS) is 13.3. The van der Waals surface area contributed by atoms with Gasteiger partial charge >= 0.3 is 5.97 Å². The number of aromatic nitrogens is 2. The molecular weight excluding hydrogens is 476 g/mol. The van der Waals surface area contributed by atoms with Crippen molar-refractivity contribution in [1.29, 1.82) is 0 Å². The fourth-order valence-electron chi connectivity index (χ4n) is 3.02. The number of hydrogen-bond donors (Lipinski definition) is 1. The van der Waals surface area contributed by atoms with Crippen LogP contribution >= 0.6 is 34.4 Å².